The summed E-state index contributed by atoms with van der Waals surface area (Å²) in [4.78, 5) is 18.4. The molecule has 0 bridgehead atoms. The van der Waals surface area contributed by atoms with Crippen molar-refractivity contribution in [2.45, 2.75) is 39.3 Å². The number of aromatic nitrogens is 2. The molecule has 0 aromatic carbocycles. The van der Waals surface area contributed by atoms with E-state index in [2.05, 4.69) is 20.6 Å². The van der Waals surface area contributed by atoms with Gasteiger partial charge in [-0.1, -0.05) is 0 Å². The number of nitrogens with one attached hydrogen (secondary N) is 2. The number of anilines is 2. The summed E-state index contributed by atoms with van der Waals surface area (Å²) in [6, 6.07) is 0. The van der Waals surface area contributed by atoms with Crippen molar-refractivity contribution in [3.05, 3.63) is 16.4 Å². The van der Waals surface area contributed by atoms with Crippen LogP contribution < -0.4 is 10.6 Å². The van der Waals surface area contributed by atoms with Gasteiger partial charge in [0.25, 0.3) is 0 Å². The molecule has 0 aliphatic heterocycles. The van der Waals surface area contributed by atoms with E-state index >= 15 is 0 Å². The fourth-order valence-corrected chi connectivity index (χ4v) is 1.35. The standard InChI is InChI=1S/C11H19N5O3/c1-5-12-9-8(16(18)19)10(14-6-13-9)15-11(3,4)7(2)17/h6-7,17H,5H2,1-4H3,(H2,12,13,14,15). The Balaban J connectivity index is 3.20. The monoisotopic (exact) mass is 269 g/mol. The van der Waals surface area contributed by atoms with Crippen LogP contribution in [0.1, 0.15) is 27.7 Å². The molecular formula is C11H19N5O3. The smallest absolute Gasteiger partial charge is 0.353 e. The van der Waals surface area contributed by atoms with Crippen LogP contribution >= 0.6 is 0 Å². The van der Waals surface area contributed by atoms with Crippen LogP contribution in [0.4, 0.5) is 17.3 Å². The van der Waals surface area contributed by atoms with Crippen LogP contribution in [-0.2, 0) is 0 Å². The summed E-state index contributed by atoms with van der Waals surface area (Å²) in [5, 5.41) is 26.5. The van der Waals surface area contributed by atoms with Crippen LogP contribution in [0.5, 0.6) is 0 Å². The minimum atomic E-state index is -0.747. The summed E-state index contributed by atoms with van der Waals surface area (Å²) in [5.41, 5.74) is -0.971. The molecular weight excluding hydrogens is 250 g/mol. The van der Waals surface area contributed by atoms with Gasteiger partial charge in [-0.15, -0.1) is 0 Å². The third-order valence-corrected chi connectivity index (χ3v) is 2.83. The molecule has 0 saturated heterocycles. The maximum atomic E-state index is 11.2. The molecule has 0 aliphatic rings. The van der Waals surface area contributed by atoms with Crippen LogP contribution in [0.3, 0.4) is 0 Å². The van der Waals surface area contributed by atoms with Gasteiger partial charge in [-0.05, 0) is 27.7 Å². The van der Waals surface area contributed by atoms with Gasteiger partial charge in [-0.25, -0.2) is 9.97 Å². The van der Waals surface area contributed by atoms with Crippen molar-refractivity contribution >= 4 is 17.3 Å². The van der Waals surface area contributed by atoms with E-state index in [1.807, 2.05) is 6.92 Å². The normalized spacial score (nSPS) is 12.9. The lowest BCUT2D eigenvalue weighted by atomic mass is 9.99. The highest BCUT2D eigenvalue weighted by Crippen LogP contribution is 2.31. The first-order chi connectivity index (χ1) is 8.79. The second-order valence-corrected chi connectivity index (χ2v) is 4.73. The second-order valence-electron chi connectivity index (χ2n) is 4.73. The van der Waals surface area contributed by atoms with Crippen LogP contribution in [0.15, 0.2) is 6.33 Å². The maximum Gasteiger partial charge on any atom is 0.353 e. The van der Waals surface area contributed by atoms with Gasteiger partial charge in [0.05, 0.1) is 16.6 Å². The molecule has 1 aromatic rings. The Morgan fingerprint density at radius 3 is 2.53 bits per heavy atom. The number of aliphatic hydroxyl groups excluding tert-OH is 1. The van der Waals surface area contributed by atoms with E-state index in [1.54, 1.807) is 20.8 Å². The Morgan fingerprint density at radius 1 is 1.47 bits per heavy atom. The van der Waals surface area contributed by atoms with Gasteiger partial charge in [0.2, 0.25) is 11.6 Å². The van der Waals surface area contributed by atoms with E-state index in [4.69, 9.17) is 0 Å². The van der Waals surface area contributed by atoms with Crippen LogP contribution in [0, 0.1) is 10.1 Å². The van der Waals surface area contributed by atoms with Crippen molar-refractivity contribution < 1.29 is 10.0 Å². The lowest BCUT2D eigenvalue weighted by Gasteiger charge is -2.29. The van der Waals surface area contributed by atoms with Gasteiger partial charge in [0.1, 0.15) is 6.33 Å². The van der Waals surface area contributed by atoms with Gasteiger partial charge in [0, 0.05) is 6.54 Å². The zero-order valence-electron chi connectivity index (χ0n) is 11.5. The predicted octanol–water partition coefficient (Wildman–Crippen LogP) is 1.39. The molecule has 0 fully saturated rings. The fourth-order valence-electron chi connectivity index (χ4n) is 1.35. The quantitative estimate of drug-likeness (QED) is 0.528. The first-order valence-corrected chi connectivity index (χ1v) is 5.99. The van der Waals surface area contributed by atoms with Crippen molar-refractivity contribution in [2.75, 3.05) is 17.2 Å². The fraction of sp³-hybridized carbons (Fsp3) is 0.636. The molecule has 8 nitrogen and oxygen atoms in total. The number of nitro groups is 1. The highest BCUT2D eigenvalue weighted by Gasteiger charge is 2.30. The van der Waals surface area contributed by atoms with Crippen molar-refractivity contribution in [3.8, 4) is 0 Å². The molecule has 0 amide bonds. The van der Waals surface area contributed by atoms with Gasteiger partial charge in [-0.2, -0.15) is 0 Å². The Hall–Kier alpha value is -1.96. The molecule has 0 radical (unpaired) electrons. The maximum absolute atomic E-state index is 11.2. The van der Waals surface area contributed by atoms with E-state index < -0.39 is 16.6 Å². The summed E-state index contributed by atoms with van der Waals surface area (Å²) in [6.45, 7) is 7.40. The highest BCUT2D eigenvalue weighted by atomic mass is 16.6. The molecule has 1 aromatic heterocycles. The molecule has 19 heavy (non-hydrogen) atoms. The molecule has 0 aliphatic carbocycles. The van der Waals surface area contributed by atoms with E-state index in [1.165, 1.54) is 6.33 Å². The first kappa shape index (κ1) is 15.1. The summed E-state index contributed by atoms with van der Waals surface area (Å²) in [5.74, 6) is 0.244. The number of nitrogens with zero attached hydrogens (tertiary/aromatic N) is 3. The highest BCUT2D eigenvalue weighted by molar-refractivity contribution is 5.69. The summed E-state index contributed by atoms with van der Waals surface area (Å²) < 4.78 is 0. The van der Waals surface area contributed by atoms with Crippen LogP contribution in [0.2, 0.25) is 0 Å². The molecule has 1 rings (SSSR count). The summed E-state index contributed by atoms with van der Waals surface area (Å²) >= 11 is 0. The molecule has 106 valence electrons. The Kier molecular flexibility index (Phi) is 4.60. The van der Waals surface area contributed by atoms with E-state index in [0.29, 0.717) is 6.54 Å². The number of aliphatic hydroxyl groups is 1. The largest absolute Gasteiger partial charge is 0.391 e. The van der Waals surface area contributed by atoms with E-state index in [0.717, 1.165) is 0 Å². The van der Waals surface area contributed by atoms with Crippen molar-refractivity contribution in [3.63, 3.8) is 0 Å². The Labute approximate surface area is 111 Å². The minimum absolute atomic E-state index is 0.0850. The average Bonchev–Trinajstić information content (AvgIpc) is 2.28. The summed E-state index contributed by atoms with van der Waals surface area (Å²) in [7, 11) is 0. The lowest BCUT2D eigenvalue weighted by Crippen LogP contribution is -2.42. The molecule has 1 atom stereocenters. The van der Waals surface area contributed by atoms with Crippen molar-refractivity contribution in [1.82, 2.24) is 9.97 Å². The first-order valence-electron chi connectivity index (χ1n) is 5.99. The molecule has 0 saturated carbocycles. The van der Waals surface area contributed by atoms with Gasteiger partial charge in [-0.3, -0.25) is 10.1 Å². The zero-order valence-corrected chi connectivity index (χ0v) is 11.5. The number of hydrogen-bond donors (Lipinski definition) is 3. The molecule has 1 heterocycles. The third-order valence-electron chi connectivity index (χ3n) is 2.83. The van der Waals surface area contributed by atoms with Gasteiger partial charge < -0.3 is 15.7 Å². The third kappa shape index (κ3) is 3.50. The predicted molar refractivity (Wildman–Crippen MR) is 72.2 cm³/mol. The number of rotatable bonds is 6. The van der Waals surface area contributed by atoms with Crippen molar-refractivity contribution in [1.29, 1.82) is 0 Å². The molecule has 0 spiro atoms. The van der Waals surface area contributed by atoms with Gasteiger partial charge >= 0.3 is 5.69 Å². The molecule has 1 unspecified atom stereocenters. The van der Waals surface area contributed by atoms with E-state index in [-0.39, 0.29) is 17.3 Å². The molecule has 8 heteroatoms. The van der Waals surface area contributed by atoms with Gasteiger partial charge in [0.15, 0.2) is 0 Å². The van der Waals surface area contributed by atoms with Crippen LogP contribution in [-0.4, -0.2) is 38.2 Å². The van der Waals surface area contributed by atoms with E-state index in [9.17, 15) is 15.2 Å². The Morgan fingerprint density at radius 2 is 2.05 bits per heavy atom. The summed E-state index contributed by atoms with van der Waals surface area (Å²) in [6.07, 6.45) is 0.537. The number of hydrogen-bond acceptors (Lipinski definition) is 7. The Bertz CT molecular complexity index is 462. The SMILES string of the molecule is CCNc1ncnc(NC(C)(C)C(C)O)c1[N+](=O)[O-]. The van der Waals surface area contributed by atoms with Crippen LogP contribution in [0.25, 0.3) is 0 Å². The minimum Gasteiger partial charge on any atom is -0.391 e. The zero-order chi connectivity index (χ0) is 14.6. The second kappa shape index (κ2) is 5.79. The average molecular weight is 269 g/mol. The lowest BCUT2D eigenvalue weighted by molar-refractivity contribution is -0.383. The molecule has 3 N–H and O–H groups in total. The topological polar surface area (TPSA) is 113 Å². The van der Waals surface area contributed by atoms with Crippen molar-refractivity contribution in [2.24, 2.45) is 0 Å².